The van der Waals surface area contributed by atoms with Crippen molar-refractivity contribution in [1.82, 2.24) is 15.1 Å². The molecule has 1 aliphatic heterocycles. The summed E-state index contributed by atoms with van der Waals surface area (Å²) >= 11 is 0. The smallest absolute Gasteiger partial charge is 0.318 e. The van der Waals surface area contributed by atoms with Crippen molar-refractivity contribution in [3.8, 4) is 0 Å². The number of carboxylic acid groups (broad SMARTS) is 1. The van der Waals surface area contributed by atoms with Gasteiger partial charge in [-0.1, -0.05) is 0 Å². The fourth-order valence-electron chi connectivity index (χ4n) is 1.77. The van der Waals surface area contributed by atoms with Gasteiger partial charge < -0.3 is 20.2 Å². The van der Waals surface area contributed by atoms with E-state index in [-0.39, 0.29) is 24.9 Å². The highest BCUT2D eigenvalue weighted by atomic mass is 16.4. The Hall–Kier alpha value is -1.79. The fourth-order valence-corrected chi connectivity index (χ4v) is 1.77. The number of aliphatic carboxylic acids is 1. The molecular weight excluding hydrogens is 238 g/mol. The van der Waals surface area contributed by atoms with Crippen LogP contribution in [-0.4, -0.2) is 65.5 Å². The van der Waals surface area contributed by atoms with E-state index < -0.39 is 12.0 Å². The number of amides is 3. The Bertz CT molecular complexity index is 345. The second-order valence-electron chi connectivity index (χ2n) is 4.54. The third-order valence-electron chi connectivity index (χ3n) is 2.81. The van der Waals surface area contributed by atoms with Crippen LogP contribution in [0.1, 0.15) is 19.8 Å². The third-order valence-corrected chi connectivity index (χ3v) is 2.81. The first-order chi connectivity index (χ1) is 8.40. The first kappa shape index (κ1) is 14.3. The summed E-state index contributed by atoms with van der Waals surface area (Å²) in [5, 5.41) is 11.2. The molecule has 3 amide bonds. The topological polar surface area (TPSA) is 89.9 Å². The lowest BCUT2D eigenvalue weighted by atomic mass is 10.2. The van der Waals surface area contributed by atoms with Crippen LogP contribution < -0.4 is 5.32 Å². The monoisotopic (exact) mass is 257 g/mol. The molecule has 1 aliphatic rings. The Morgan fingerprint density at radius 1 is 1.44 bits per heavy atom. The zero-order valence-corrected chi connectivity index (χ0v) is 10.7. The van der Waals surface area contributed by atoms with E-state index in [1.807, 2.05) is 0 Å². The van der Waals surface area contributed by atoms with Crippen molar-refractivity contribution < 1.29 is 19.5 Å². The molecule has 1 heterocycles. The Morgan fingerprint density at radius 2 is 2.11 bits per heavy atom. The summed E-state index contributed by atoms with van der Waals surface area (Å²) in [7, 11) is 1.71. The molecule has 18 heavy (non-hydrogen) atoms. The molecule has 0 aliphatic carbocycles. The van der Waals surface area contributed by atoms with Crippen LogP contribution >= 0.6 is 0 Å². The lowest BCUT2D eigenvalue weighted by Crippen LogP contribution is -2.46. The quantitative estimate of drug-likeness (QED) is 0.728. The molecule has 0 radical (unpaired) electrons. The van der Waals surface area contributed by atoms with Crippen LogP contribution in [0.4, 0.5) is 4.79 Å². The Morgan fingerprint density at radius 3 is 2.72 bits per heavy atom. The van der Waals surface area contributed by atoms with Gasteiger partial charge in [-0.25, -0.2) is 4.79 Å². The van der Waals surface area contributed by atoms with Crippen molar-refractivity contribution in [3.63, 3.8) is 0 Å². The minimum Gasteiger partial charge on any atom is -0.481 e. The van der Waals surface area contributed by atoms with Gasteiger partial charge in [-0.2, -0.15) is 0 Å². The van der Waals surface area contributed by atoms with Crippen LogP contribution in [0.3, 0.4) is 0 Å². The van der Waals surface area contributed by atoms with E-state index in [1.54, 1.807) is 18.9 Å². The predicted octanol–water partition coefficient (Wildman–Crippen LogP) is -0.277. The highest BCUT2D eigenvalue weighted by Crippen LogP contribution is 2.03. The number of hydrogen-bond donors (Lipinski definition) is 2. The summed E-state index contributed by atoms with van der Waals surface area (Å²) in [6, 6.07) is -0.835. The van der Waals surface area contributed by atoms with E-state index >= 15 is 0 Å². The largest absolute Gasteiger partial charge is 0.481 e. The lowest BCUT2D eigenvalue weighted by molar-refractivity contribution is -0.137. The number of nitrogens with zero attached hydrogens (tertiary/aromatic N) is 2. The molecule has 1 saturated heterocycles. The van der Waals surface area contributed by atoms with Gasteiger partial charge in [0.05, 0.1) is 6.42 Å². The van der Waals surface area contributed by atoms with Crippen molar-refractivity contribution in [3.05, 3.63) is 0 Å². The molecule has 1 unspecified atom stereocenters. The maximum Gasteiger partial charge on any atom is 0.318 e. The molecule has 0 aromatic heterocycles. The normalized spacial score (nSPS) is 18.2. The molecule has 2 N–H and O–H groups in total. The summed E-state index contributed by atoms with van der Waals surface area (Å²) in [5.74, 6) is -1.07. The van der Waals surface area contributed by atoms with Gasteiger partial charge >= 0.3 is 12.0 Å². The fraction of sp³-hybridized carbons (Fsp3) is 0.727. The molecule has 1 rings (SSSR count). The van der Waals surface area contributed by atoms with Crippen molar-refractivity contribution in [2.75, 3.05) is 26.7 Å². The number of carboxylic acids is 1. The molecule has 0 aromatic carbocycles. The lowest BCUT2D eigenvalue weighted by Gasteiger charge is -2.22. The average molecular weight is 257 g/mol. The van der Waals surface area contributed by atoms with Gasteiger partial charge in [0, 0.05) is 26.2 Å². The number of carbonyl (C=O) groups excluding carboxylic acids is 2. The summed E-state index contributed by atoms with van der Waals surface area (Å²) in [6.45, 7) is 2.80. The second kappa shape index (κ2) is 6.23. The Kier molecular flexibility index (Phi) is 4.94. The molecular formula is C11H19N3O4. The van der Waals surface area contributed by atoms with Gasteiger partial charge in [-0.15, -0.1) is 0 Å². The molecule has 1 fully saturated rings. The summed E-state index contributed by atoms with van der Waals surface area (Å²) in [5.41, 5.74) is 0. The summed E-state index contributed by atoms with van der Waals surface area (Å²) < 4.78 is 0. The zero-order valence-electron chi connectivity index (χ0n) is 10.7. The van der Waals surface area contributed by atoms with Crippen molar-refractivity contribution in [2.24, 2.45) is 0 Å². The van der Waals surface area contributed by atoms with E-state index in [0.717, 1.165) is 6.42 Å². The molecule has 0 spiro atoms. The number of rotatable bonds is 3. The minimum absolute atomic E-state index is 0.0438. The number of likely N-dealkylation sites (N-methyl/N-ethyl adjacent to an activating group) is 1. The van der Waals surface area contributed by atoms with Crippen molar-refractivity contribution in [1.29, 1.82) is 0 Å². The average Bonchev–Trinajstić information content (AvgIpc) is 2.40. The minimum atomic E-state index is -0.963. The molecule has 7 nitrogen and oxygen atoms in total. The number of carbonyl (C=O) groups is 3. The number of nitrogens with one attached hydrogen (secondary N) is 1. The van der Waals surface area contributed by atoms with Crippen LogP contribution in [0.2, 0.25) is 0 Å². The number of urea groups is 1. The number of hydrogen-bond acceptors (Lipinski definition) is 3. The van der Waals surface area contributed by atoms with Crippen LogP contribution in [0.15, 0.2) is 0 Å². The van der Waals surface area contributed by atoms with Gasteiger partial charge in [-0.3, -0.25) is 9.59 Å². The van der Waals surface area contributed by atoms with Gasteiger partial charge in [-0.05, 0) is 13.3 Å². The van der Waals surface area contributed by atoms with Crippen molar-refractivity contribution >= 4 is 17.9 Å². The highest BCUT2D eigenvalue weighted by molar-refractivity contribution is 5.84. The van der Waals surface area contributed by atoms with Crippen molar-refractivity contribution in [2.45, 2.75) is 25.8 Å². The molecule has 0 aromatic rings. The third kappa shape index (κ3) is 4.23. The molecule has 7 heteroatoms. The standard InChI is InChI=1S/C11H19N3O4/c1-8(6-10(16)17)12-11(18)14-5-3-4-13(2)9(15)7-14/h8H,3-7H2,1-2H3,(H,12,18)(H,16,17). The van der Waals surface area contributed by atoms with E-state index in [2.05, 4.69) is 5.32 Å². The first-order valence-electron chi connectivity index (χ1n) is 5.91. The van der Waals surface area contributed by atoms with Crippen LogP contribution in [0.5, 0.6) is 0 Å². The van der Waals surface area contributed by atoms with Crippen LogP contribution in [-0.2, 0) is 9.59 Å². The molecule has 0 bridgehead atoms. The zero-order chi connectivity index (χ0) is 13.7. The van der Waals surface area contributed by atoms with Gasteiger partial charge in [0.25, 0.3) is 0 Å². The maximum absolute atomic E-state index is 11.8. The van der Waals surface area contributed by atoms with Gasteiger partial charge in [0.2, 0.25) is 5.91 Å². The molecule has 1 atom stereocenters. The van der Waals surface area contributed by atoms with E-state index in [1.165, 1.54) is 4.90 Å². The first-order valence-corrected chi connectivity index (χ1v) is 5.91. The van der Waals surface area contributed by atoms with Gasteiger partial charge in [0.1, 0.15) is 6.54 Å². The maximum atomic E-state index is 11.8. The van der Waals surface area contributed by atoms with Gasteiger partial charge in [0.15, 0.2) is 0 Å². The van der Waals surface area contributed by atoms with E-state index in [0.29, 0.717) is 13.1 Å². The SMILES string of the molecule is CC(CC(=O)O)NC(=O)N1CCCN(C)C(=O)C1. The molecule has 0 saturated carbocycles. The summed E-state index contributed by atoms with van der Waals surface area (Å²) in [4.78, 5) is 37.0. The van der Waals surface area contributed by atoms with E-state index in [4.69, 9.17) is 5.11 Å². The Balaban J connectivity index is 2.50. The van der Waals surface area contributed by atoms with Crippen LogP contribution in [0.25, 0.3) is 0 Å². The second-order valence-corrected chi connectivity index (χ2v) is 4.54. The van der Waals surface area contributed by atoms with E-state index in [9.17, 15) is 14.4 Å². The van der Waals surface area contributed by atoms with Crippen LogP contribution in [0, 0.1) is 0 Å². The summed E-state index contributed by atoms with van der Waals surface area (Å²) in [6.07, 6.45) is 0.594. The predicted molar refractivity (Wildman–Crippen MR) is 64.1 cm³/mol. The molecule has 102 valence electrons. The Labute approximate surface area is 106 Å². The highest BCUT2D eigenvalue weighted by Gasteiger charge is 2.23.